The molecule has 1 fully saturated rings. The van der Waals surface area contributed by atoms with Crippen molar-refractivity contribution < 1.29 is 14.4 Å². The predicted octanol–water partition coefficient (Wildman–Crippen LogP) is 1.65. The summed E-state index contributed by atoms with van der Waals surface area (Å²) in [6.45, 7) is 4.56. The van der Waals surface area contributed by atoms with Crippen molar-refractivity contribution in [2.45, 2.75) is 0 Å². The lowest BCUT2D eigenvalue weighted by atomic mass is 10.2. The molecule has 1 aliphatic heterocycles. The molecule has 1 heterocycles. The summed E-state index contributed by atoms with van der Waals surface area (Å²) in [6, 6.07) is 2.83. The monoisotopic (exact) mass is 345 g/mol. The van der Waals surface area contributed by atoms with Crippen LogP contribution in [0.3, 0.4) is 0 Å². The second-order valence-corrected chi connectivity index (χ2v) is 5.26. The molecule has 110 valence electrons. The molecule has 0 radical (unpaired) electrons. The van der Waals surface area contributed by atoms with E-state index in [0.717, 1.165) is 32.8 Å². The fourth-order valence-electron chi connectivity index (χ4n) is 1.94. The van der Waals surface area contributed by atoms with Gasteiger partial charge >= 0.3 is 0 Å². The minimum absolute atomic E-state index is 0.0968. The third-order valence-corrected chi connectivity index (χ3v) is 3.67. The summed E-state index contributed by atoms with van der Waals surface area (Å²) in [6.07, 6.45) is 0. The number of hydrogen-bond acceptors (Lipinski definition) is 6. The largest absolute Gasteiger partial charge is 0.491 e. The number of nitrogen functional groups attached to an aromatic ring is 1. The molecule has 0 atom stereocenters. The predicted molar refractivity (Wildman–Crippen MR) is 78.0 cm³/mol. The van der Waals surface area contributed by atoms with Crippen molar-refractivity contribution in [1.29, 1.82) is 0 Å². The van der Waals surface area contributed by atoms with Crippen LogP contribution in [0.15, 0.2) is 16.6 Å². The van der Waals surface area contributed by atoms with Gasteiger partial charge in [0.05, 0.1) is 22.6 Å². The van der Waals surface area contributed by atoms with Crippen molar-refractivity contribution in [3.05, 3.63) is 26.7 Å². The first-order valence-electron chi connectivity index (χ1n) is 6.24. The standard InChI is InChI=1S/C12H16BrN3O4/c13-9-7-11(16(17)18)10(14)8-12(9)20-6-3-15-1-4-19-5-2-15/h7-8H,1-6,14H2. The van der Waals surface area contributed by atoms with Crippen LogP contribution in [0.2, 0.25) is 0 Å². The topological polar surface area (TPSA) is 90.9 Å². The van der Waals surface area contributed by atoms with E-state index in [0.29, 0.717) is 16.8 Å². The van der Waals surface area contributed by atoms with Gasteiger partial charge in [-0.3, -0.25) is 15.0 Å². The molecule has 0 unspecified atom stereocenters. The number of ether oxygens (including phenoxy) is 2. The minimum Gasteiger partial charge on any atom is -0.491 e. The number of hydrogen-bond donors (Lipinski definition) is 1. The molecular formula is C12H16BrN3O4. The summed E-state index contributed by atoms with van der Waals surface area (Å²) in [4.78, 5) is 12.5. The molecule has 20 heavy (non-hydrogen) atoms. The van der Waals surface area contributed by atoms with Crippen LogP contribution in [0.1, 0.15) is 0 Å². The molecule has 2 N–H and O–H groups in total. The maximum absolute atomic E-state index is 10.8. The highest BCUT2D eigenvalue weighted by Gasteiger charge is 2.16. The minimum atomic E-state index is -0.516. The average molecular weight is 346 g/mol. The molecule has 0 amide bonds. The number of anilines is 1. The van der Waals surface area contributed by atoms with Crippen LogP contribution in [-0.4, -0.2) is 49.3 Å². The first-order valence-corrected chi connectivity index (χ1v) is 7.03. The number of nitro groups is 1. The second kappa shape index (κ2) is 6.87. The highest BCUT2D eigenvalue weighted by atomic mass is 79.9. The summed E-state index contributed by atoms with van der Waals surface area (Å²) in [5.74, 6) is 0.515. The van der Waals surface area contributed by atoms with E-state index in [1.807, 2.05) is 0 Å². The van der Waals surface area contributed by atoms with E-state index in [-0.39, 0.29) is 11.4 Å². The van der Waals surface area contributed by atoms with Gasteiger partial charge in [0.25, 0.3) is 5.69 Å². The van der Waals surface area contributed by atoms with Crippen LogP contribution in [0.25, 0.3) is 0 Å². The number of morpholine rings is 1. The summed E-state index contributed by atoms with van der Waals surface area (Å²) in [7, 11) is 0. The first-order chi connectivity index (χ1) is 9.58. The van der Waals surface area contributed by atoms with E-state index in [1.165, 1.54) is 12.1 Å². The molecule has 1 aromatic rings. The average Bonchev–Trinajstić information content (AvgIpc) is 2.43. The summed E-state index contributed by atoms with van der Waals surface area (Å²) in [5.41, 5.74) is 5.61. The maximum Gasteiger partial charge on any atom is 0.293 e. The van der Waals surface area contributed by atoms with Crippen molar-refractivity contribution in [3.8, 4) is 5.75 Å². The molecular weight excluding hydrogens is 330 g/mol. The normalized spacial score (nSPS) is 16.1. The molecule has 1 aliphatic rings. The first kappa shape index (κ1) is 15.0. The number of nitro benzene ring substituents is 1. The van der Waals surface area contributed by atoms with Gasteiger partial charge in [0.1, 0.15) is 18.0 Å². The molecule has 0 aliphatic carbocycles. The lowest BCUT2D eigenvalue weighted by Gasteiger charge is -2.26. The number of rotatable bonds is 5. The van der Waals surface area contributed by atoms with Gasteiger partial charge in [-0.25, -0.2) is 0 Å². The summed E-state index contributed by atoms with van der Waals surface area (Å²) < 4.78 is 11.4. The molecule has 0 bridgehead atoms. The van der Waals surface area contributed by atoms with Crippen molar-refractivity contribution in [1.82, 2.24) is 4.90 Å². The Balaban J connectivity index is 1.92. The zero-order valence-corrected chi connectivity index (χ0v) is 12.5. The zero-order valence-electron chi connectivity index (χ0n) is 10.9. The molecule has 0 saturated carbocycles. The Morgan fingerprint density at radius 2 is 2.15 bits per heavy atom. The van der Waals surface area contributed by atoms with E-state index in [9.17, 15) is 10.1 Å². The Morgan fingerprint density at radius 1 is 1.45 bits per heavy atom. The summed E-state index contributed by atoms with van der Waals surface area (Å²) >= 11 is 3.26. The SMILES string of the molecule is Nc1cc(OCCN2CCOCC2)c(Br)cc1[N+](=O)[O-]. The van der Waals surface area contributed by atoms with Gasteiger partial charge in [-0.1, -0.05) is 0 Å². The zero-order chi connectivity index (χ0) is 14.5. The lowest BCUT2D eigenvalue weighted by Crippen LogP contribution is -2.38. The van der Waals surface area contributed by atoms with Crippen LogP contribution in [-0.2, 0) is 4.74 Å². The molecule has 1 aromatic carbocycles. The lowest BCUT2D eigenvalue weighted by molar-refractivity contribution is -0.384. The third-order valence-electron chi connectivity index (χ3n) is 3.05. The molecule has 1 saturated heterocycles. The molecule has 8 heteroatoms. The van der Waals surface area contributed by atoms with E-state index >= 15 is 0 Å². The van der Waals surface area contributed by atoms with E-state index in [2.05, 4.69) is 20.8 Å². The van der Waals surface area contributed by atoms with E-state index in [4.69, 9.17) is 15.2 Å². The van der Waals surface area contributed by atoms with E-state index < -0.39 is 4.92 Å². The molecule has 7 nitrogen and oxygen atoms in total. The Kier molecular flexibility index (Phi) is 5.16. The van der Waals surface area contributed by atoms with Crippen molar-refractivity contribution in [2.75, 3.05) is 45.2 Å². The van der Waals surface area contributed by atoms with Crippen LogP contribution in [0, 0.1) is 10.1 Å². The van der Waals surface area contributed by atoms with Crippen molar-refractivity contribution in [3.63, 3.8) is 0 Å². The third kappa shape index (κ3) is 3.81. The smallest absolute Gasteiger partial charge is 0.293 e. The van der Waals surface area contributed by atoms with Crippen LogP contribution >= 0.6 is 15.9 Å². The Labute approximate surface area is 124 Å². The van der Waals surface area contributed by atoms with Gasteiger partial charge in [0.15, 0.2) is 0 Å². The van der Waals surface area contributed by atoms with Crippen LogP contribution in [0.4, 0.5) is 11.4 Å². The quantitative estimate of drug-likeness (QED) is 0.495. The van der Waals surface area contributed by atoms with Crippen LogP contribution < -0.4 is 10.5 Å². The second-order valence-electron chi connectivity index (χ2n) is 4.40. The van der Waals surface area contributed by atoms with Gasteiger partial charge in [-0.15, -0.1) is 0 Å². The molecule has 0 aromatic heterocycles. The highest BCUT2D eigenvalue weighted by Crippen LogP contribution is 2.34. The Morgan fingerprint density at radius 3 is 2.80 bits per heavy atom. The Bertz CT molecular complexity index is 492. The Hall–Kier alpha value is -1.38. The van der Waals surface area contributed by atoms with Crippen LogP contribution in [0.5, 0.6) is 5.75 Å². The number of nitrogens with two attached hydrogens (primary N) is 1. The number of nitrogens with zero attached hydrogens (tertiary/aromatic N) is 2. The fourth-order valence-corrected chi connectivity index (χ4v) is 2.38. The maximum atomic E-state index is 10.8. The van der Waals surface area contributed by atoms with Crippen molar-refractivity contribution in [2.24, 2.45) is 0 Å². The highest BCUT2D eigenvalue weighted by molar-refractivity contribution is 9.10. The summed E-state index contributed by atoms with van der Waals surface area (Å²) in [5, 5.41) is 10.8. The van der Waals surface area contributed by atoms with Gasteiger partial charge in [0.2, 0.25) is 0 Å². The van der Waals surface area contributed by atoms with Gasteiger partial charge in [-0.2, -0.15) is 0 Å². The van der Waals surface area contributed by atoms with E-state index in [1.54, 1.807) is 0 Å². The number of benzene rings is 1. The van der Waals surface area contributed by atoms with Gasteiger partial charge in [-0.05, 0) is 15.9 Å². The van der Waals surface area contributed by atoms with Crippen molar-refractivity contribution >= 4 is 27.3 Å². The van der Waals surface area contributed by atoms with Gasteiger partial charge < -0.3 is 15.2 Å². The molecule has 0 spiro atoms. The number of halogens is 1. The van der Waals surface area contributed by atoms with Gasteiger partial charge in [0, 0.05) is 31.8 Å². The molecule has 2 rings (SSSR count). The fraction of sp³-hybridized carbons (Fsp3) is 0.500.